The van der Waals surface area contributed by atoms with Gasteiger partial charge in [-0.2, -0.15) is 0 Å². The Kier molecular flexibility index (Phi) is 11.2. The molecule has 2 atom stereocenters. The van der Waals surface area contributed by atoms with Crippen LogP contribution in [0.4, 0.5) is 0 Å². The lowest BCUT2D eigenvalue weighted by atomic mass is 10.1. The molecule has 0 fully saturated rings. The van der Waals surface area contributed by atoms with Crippen LogP contribution in [0.2, 0.25) is 15.1 Å². The van der Waals surface area contributed by atoms with E-state index in [1.165, 1.54) is 0 Å². The first-order valence-corrected chi connectivity index (χ1v) is 12.8. The summed E-state index contributed by atoms with van der Waals surface area (Å²) in [6.07, 6.45) is 1.58. The highest BCUT2D eigenvalue weighted by Gasteiger charge is 2.30. The number of rotatable bonds is 11. The van der Waals surface area contributed by atoms with Crippen molar-refractivity contribution in [2.24, 2.45) is 0 Å². The van der Waals surface area contributed by atoms with Gasteiger partial charge in [0.05, 0.1) is 0 Å². The van der Waals surface area contributed by atoms with E-state index in [-0.39, 0.29) is 30.8 Å². The first kappa shape index (κ1) is 26.8. The minimum absolute atomic E-state index is 0.0258. The minimum atomic E-state index is -0.607. The molecule has 2 aromatic carbocycles. The van der Waals surface area contributed by atoms with Gasteiger partial charge < -0.3 is 10.2 Å². The van der Waals surface area contributed by atoms with Gasteiger partial charge >= 0.3 is 0 Å². The molecule has 2 amide bonds. The van der Waals surface area contributed by atoms with Crippen molar-refractivity contribution in [3.63, 3.8) is 0 Å². The Balaban J connectivity index is 2.20. The maximum atomic E-state index is 13.3. The molecule has 8 heteroatoms. The predicted octanol–water partition coefficient (Wildman–Crippen LogP) is 6.85. The molecule has 174 valence electrons. The van der Waals surface area contributed by atoms with Crippen LogP contribution < -0.4 is 5.32 Å². The zero-order valence-corrected chi connectivity index (χ0v) is 21.6. The molecule has 0 unspecified atom stereocenters. The molecule has 0 aliphatic carbocycles. The van der Waals surface area contributed by atoms with E-state index in [9.17, 15) is 9.59 Å². The largest absolute Gasteiger partial charge is 0.352 e. The van der Waals surface area contributed by atoms with Gasteiger partial charge in [-0.05, 0) is 56.2 Å². The zero-order chi connectivity index (χ0) is 23.7. The summed E-state index contributed by atoms with van der Waals surface area (Å²) in [5, 5.41) is 4.62. The van der Waals surface area contributed by atoms with Crippen LogP contribution in [0.25, 0.3) is 0 Å². The van der Waals surface area contributed by atoms with Gasteiger partial charge in [0, 0.05) is 50.3 Å². The topological polar surface area (TPSA) is 49.4 Å². The summed E-state index contributed by atoms with van der Waals surface area (Å²) in [6, 6.07) is 12.1. The number of thioether (sulfide) groups is 1. The number of carbonyl (C=O) groups is 2. The van der Waals surface area contributed by atoms with Crippen molar-refractivity contribution < 1.29 is 9.59 Å². The van der Waals surface area contributed by atoms with Gasteiger partial charge in [-0.15, -0.1) is 11.8 Å². The maximum Gasteiger partial charge on any atom is 0.243 e. The van der Waals surface area contributed by atoms with Crippen molar-refractivity contribution in [3.05, 3.63) is 63.1 Å². The quantitative estimate of drug-likeness (QED) is 0.333. The second kappa shape index (κ2) is 13.3. The van der Waals surface area contributed by atoms with E-state index in [1.54, 1.807) is 34.9 Å². The molecular formula is C24H29Cl3N2O2S. The Hall–Kier alpha value is -1.40. The van der Waals surface area contributed by atoms with Gasteiger partial charge in [0.1, 0.15) is 6.04 Å². The molecule has 2 rings (SSSR count). The van der Waals surface area contributed by atoms with Crippen molar-refractivity contribution >= 4 is 58.4 Å². The molecule has 1 N–H and O–H groups in total. The summed E-state index contributed by atoms with van der Waals surface area (Å²) in [7, 11) is 0. The minimum Gasteiger partial charge on any atom is -0.352 e. The SMILES string of the molecule is CC[C@H](C)NC(=O)[C@H](CC)N(Cc1c(Cl)cccc1Cl)C(=O)CCSc1ccc(Cl)cc1. The molecule has 0 aliphatic heterocycles. The van der Waals surface area contributed by atoms with Crippen LogP contribution in [0.3, 0.4) is 0 Å². The first-order valence-electron chi connectivity index (χ1n) is 10.7. The molecule has 2 aromatic rings. The summed E-state index contributed by atoms with van der Waals surface area (Å²) >= 11 is 20.3. The molecule has 32 heavy (non-hydrogen) atoms. The molecule has 0 saturated carbocycles. The molecule has 0 heterocycles. The summed E-state index contributed by atoms with van der Waals surface area (Å²) in [5.41, 5.74) is 0.643. The molecule has 4 nitrogen and oxygen atoms in total. The smallest absolute Gasteiger partial charge is 0.243 e. The third kappa shape index (κ3) is 7.87. The zero-order valence-electron chi connectivity index (χ0n) is 18.5. The lowest BCUT2D eigenvalue weighted by Gasteiger charge is -2.32. The standard InChI is InChI=1S/C24H29Cl3N2O2S/c1-4-16(3)28-24(31)22(5-2)29(15-19-20(26)7-6-8-21(19)27)23(30)13-14-32-18-11-9-17(25)10-12-18/h6-12,16,22H,4-5,13-15H2,1-3H3,(H,28,31)/t16-,22-/m0/s1. The lowest BCUT2D eigenvalue weighted by Crippen LogP contribution is -2.50. The molecule has 0 radical (unpaired) electrons. The van der Waals surface area contributed by atoms with Gasteiger partial charge in [0.15, 0.2) is 0 Å². The molecule has 0 aromatic heterocycles. The van der Waals surface area contributed by atoms with Crippen LogP contribution in [0.15, 0.2) is 47.4 Å². The van der Waals surface area contributed by atoms with E-state index in [4.69, 9.17) is 34.8 Å². The maximum absolute atomic E-state index is 13.3. The van der Waals surface area contributed by atoms with Crippen LogP contribution >= 0.6 is 46.6 Å². The molecule has 0 spiro atoms. The van der Waals surface area contributed by atoms with Crippen LogP contribution in [-0.4, -0.2) is 34.6 Å². The Morgan fingerprint density at radius 3 is 2.19 bits per heavy atom. The number of nitrogens with zero attached hydrogens (tertiary/aromatic N) is 1. The van der Waals surface area contributed by atoms with Gasteiger partial charge in [0.25, 0.3) is 0 Å². The van der Waals surface area contributed by atoms with E-state index in [0.717, 1.165) is 11.3 Å². The van der Waals surface area contributed by atoms with Crippen LogP contribution in [0.5, 0.6) is 0 Å². The number of hydrogen-bond donors (Lipinski definition) is 1. The normalized spacial score (nSPS) is 12.8. The van der Waals surface area contributed by atoms with E-state index in [0.29, 0.717) is 32.8 Å². The number of nitrogens with one attached hydrogen (secondary N) is 1. The fourth-order valence-electron chi connectivity index (χ4n) is 3.14. The summed E-state index contributed by atoms with van der Waals surface area (Å²) in [4.78, 5) is 28.9. The van der Waals surface area contributed by atoms with Gasteiger partial charge in [0.2, 0.25) is 11.8 Å². The second-order valence-electron chi connectivity index (χ2n) is 7.52. The fraction of sp³-hybridized carbons (Fsp3) is 0.417. The van der Waals surface area contributed by atoms with E-state index >= 15 is 0 Å². The monoisotopic (exact) mass is 514 g/mol. The fourth-order valence-corrected chi connectivity index (χ4v) is 4.63. The highest BCUT2D eigenvalue weighted by atomic mass is 35.5. The van der Waals surface area contributed by atoms with Gasteiger partial charge in [-0.25, -0.2) is 0 Å². The third-order valence-electron chi connectivity index (χ3n) is 5.18. The lowest BCUT2D eigenvalue weighted by molar-refractivity contribution is -0.141. The second-order valence-corrected chi connectivity index (χ2v) is 9.94. The van der Waals surface area contributed by atoms with Gasteiger partial charge in [-0.1, -0.05) is 54.7 Å². The predicted molar refractivity (Wildman–Crippen MR) is 136 cm³/mol. The highest BCUT2D eigenvalue weighted by Crippen LogP contribution is 2.28. The van der Waals surface area contributed by atoms with Crippen molar-refractivity contribution in [2.45, 2.75) is 63.6 Å². The molecule has 0 saturated heterocycles. The molecule has 0 aliphatic rings. The number of amides is 2. The van der Waals surface area contributed by atoms with Crippen molar-refractivity contribution in [1.29, 1.82) is 0 Å². The Morgan fingerprint density at radius 1 is 1.00 bits per heavy atom. The Bertz CT molecular complexity index is 888. The van der Waals surface area contributed by atoms with Crippen LogP contribution in [-0.2, 0) is 16.1 Å². The van der Waals surface area contributed by atoms with E-state index < -0.39 is 6.04 Å². The highest BCUT2D eigenvalue weighted by molar-refractivity contribution is 7.99. The van der Waals surface area contributed by atoms with E-state index in [2.05, 4.69) is 5.32 Å². The van der Waals surface area contributed by atoms with Crippen LogP contribution in [0.1, 0.15) is 45.6 Å². The van der Waals surface area contributed by atoms with E-state index in [1.807, 2.05) is 45.0 Å². The number of hydrogen-bond acceptors (Lipinski definition) is 3. The molecule has 0 bridgehead atoms. The summed E-state index contributed by atoms with van der Waals surface area (Å²) in [6.45, 7) is 6.03. The number of carbonyl (C=O) groups excluding carboxylic acids is 2. The van der Waals surface area contributed by atoms with Crippen molar-refractivity contribution in [3.8, 4) is 0 Å². The Labute approximate surface area is 210 Å². The molecular weight excluding hydrogens is 487 g/mol. The first-order chi connectivity index (χ1) is 15.3. The van der Waals surface area contributed by atoms with Gasteiger partial charge in [-0.3, -0.25) is 9.59 Å². The van der Waals surface area contributed by atoms with Crippen LogP contribution in [0, 0.1) is 0 Å². The summed E-state index contributed by atoms with van der Waals surface area (Å²) in [5.74, 6) is 0.300. The number of benzene rings is 2. The number of halogens is 3. The van der Waals surface area contributed by atoms with Crippen molar-refractivity contribution in [2.75, 3.05) is 5.75 Å². The van der Waals surface area contributed by atoms with Crippen molar-refractivity contribution in [1.82, 2.24) is 10.2 Å². The Morgan fingerprint density at radius 2 is 1.62 bits per heavy atom. The third-order valence-corrected chi connectivity index (χ3v) is 7.15. The average Bonchev–Trinajstić information content (AvgIpc) is 2.76. The summed E-state index contributed by atoms with van der Waals surface area (Å²) < 4.78 is 0. The average molecular weight is 516 g/mol.